The van der Waals surface area contributed by atoms with Crippen LogP contribution in [0.25, 0.3) is 0 Å². The predicted molar refractivity (Wildman–Crippen MR) is 161 cm³/mol. The number of halogens is 1. The molecule has 0 aromatic heterocycles. The van der Waals surface area contributed by atoms with Gasteiger partial charge in [0.25, 0.3) is 0 Å². The molecule has 41 heavy (non-hydrogen) atoms. The average molecular weight is 598 g/mol. The number of carbonyl (C=O) groups excluding carboxylic acids is 2. The van der Waals surface area contributed by atoms with Gasteiger partial charge in [-0.15, -0.1) is 0 Å². The van der Waals surface area contributed by atoms with Gasteiger partial charge in [0.2, 0.25) is 21.8 Å². The zero-order valence-corrected chi connectivity index (χ0v) is 24.9. The lowest BCUT2D eigenvalue weighted by atomic mass is 10.1. The summed E-state index contributed by atoms with van der Waals surface area (Å²) in [6, 6.07) is 22.5. The number of rotatable bonds is 12. The van der Waals surface area contributed by atoms with E-state index in [-0.39, 0.29) is 18.5 Å². The maximum atomic E-state index is 13.8. The van der Waals surface area contributed by atoms with Gasteiger partial charge in [-0.05, 0) is 67.3 Å². The summed E-state index contributed by atoms with van der Waals surface area (Å²) in [7, 11) is -3.84. The number of anilines is 1. The summed E-state index contributed by atoms with van der Waals surface area (Å²) in [5, 5.41) is 3.56. The van der Waals surface area contributed by atoms with E-state index >= 15 is 0 Å². The highest BCUT2D eigenvalue weighted by atomic mass is 35.5. The number of hydrogen-bond acceptors (Lipinski definition) is 5. The maximum absolute atomic E-state index is 13.8. The molecule has 1 atom stereocenters. The van der Waals surface area contributed by atoms with E-state index in [9.17, 15) is 18.0 Å². The molecule has 1 fully saturated rings. The minimum atomic E-state index is -3.84. The van der Waals surface area contributed by atoms with Crippen molar-refractivity contribution in [1.29, 1.82) is 0 Å². The SMILES string of the molecule is C[C@H](C(=O)NC1CCCC1)N(Cc1cccc(Cl)c1)C(=O)CN(c1ccc(OCc2ccccc2)cc1)S(C)(=O)=O. The van der Waals surface area contributed by atoms with Crippen molar-refractivity contribution in [2.45, 2.75) is 57.8 Å². The smallest absolute Gasteiger partial charge is 0.244 e. The van der Waals surface area contributed by atoms with Crippen molar-refractivity contribution in [3.8, 4) is 5.75 Å². The summed E-state index contributed by atoms with van der Waals surface area (Å²) < 4.78 is 32.6. The highest BCUT2D eigenvalue weighted by Gasteiger charge is 2.31. The van der Waals surface area contributed by atoms with Crippen LogP contribution in [0.2, 0.25) is 5.02 Å². The van der Waals surface area contributed by atoms with Crippen LogP contribution in [0.4, 0.5) is 5.69 Å². The Balaban J connectivity index is 1.52. The van der Waals surface area contributed by atoms with Crippen molar-refractivity contribution in [3.63, 3.8) is 0 Å². The normalized spacial score (nSPS) is 14.3. The number of benzene rings is 3. The molecule has 0 radical (unpaired) electrons. The molecule has 0 bridgehead atoms. The zero-order chi connectivity index (χ0) is 29.4. The standard InChI is InChI=1S/C31H36ClN3O5S/c1-23(31(37)33-27-13-6-7-14-27)34(20-25-11-8-12-26(32)19-25)30(36)21-35(41(2,38)39)28-15-17-29(18-16-28)40-22-24-9-4-3-5-10-24/h3-5,8-12,15-19,23,27H,6-7,13-14,20-22H2,1-2H3,(H,33,37)/t23-/m1/s1. The topological polar surface area (TPSA) is 96.0 Å². The largest absolute Gasteiger partial charge is 0.489 e. The monoisotopic (exact) mass is 597 g/mol. The molecule has 8 nitrogen and oxygen atoms in total. The van der Waals surface area contributed by atoms with Crippen molar-refractivity contribution in [3.05, 3.63) is 95.0 Å². The Morgan fingerprint density at radius 3 is 2.27 bits per heavy atom. The fourth-order valence-electron chi connectivity index (χ4n) is 4.87. The average Bonchev–Trinajstić information content (AvgIpc) is 3.46. The van der Waals surface area contributed by atoms with Crippen LogP contribution >= 0.6 is 11.6 Å². The minimum absolute atomic E-state index is 0.0863. The van der Waals surface area contributed by atoms with Gasteiger partial charge in [0.05, 0.1) is 11.9 Å². The zero-order valence-electron chi connectivity index (χ0n) is 23.3. The Bertz CT molecular complexity index is 1430. The molecule has 0 heterocycles. The summed E-state index contributed by atoms with van der Waals surface area (Å²) >= 11 is 6.18. The molecule has 1 aliphatic carbocycles. The first-order valence-corrected chi connectivity index (χ1v) is 15.9. The number of carbonyl (C=O) groups is 2. The second kappa shape index (κ2) is 13.9. The molecule has 3 aromatic carbocycles. The van der Waals surface area contributed by atoms with Gasteiger partial charge in [0.1, 0.15) is 24.9 Å². The quantitative estimate of drug-likeness (QED) is 0.311. The van der Waals surface area contributed by atoms with Crippen molar-refractivity contribution in [2.75, 3.05) is 17.1 Å². The van der Waals surface area contributed by atoms with Crippen LogP contribution in [0.15, 0.2) is 78.9 Å². The second-order valence-electron chi connectivity index (χ2n) is 10.4. The van der Waals surface area contributed by atoms with Crippen LogP contribution in [-0.2, 0) is 32.8 Å². The van der Waals surface area contributed by atoms with Gasteiger partial charge in [0.15, 0.2) is 0 Å². The van der Waals surface area contributed by atoms with E-state index in [1.807, 2.05) is 36.4 Å². The van der Waals surface area contributed by atoms with Crippen LogP contribution in [0.3, 0.4) is 0 Å². The molecule has 0 spiro atoms. The molecular formula is C31H36ClN3O5S. The summed E-state index contributed by atoms with van der Waals surface area (Å²) in [6.45, 7) is 1.66. The van der Waals surface area contributed by atoms with E-state index in [1.54, 1.807) is 49.4 Å². The highest BCUT2D eigenvalue weighted by molar-refractivity contribution is 7.92. The minimum Gasteiger partial charge on any atom is -0.489 e. The first-order chi connectivity index (χ1) is 19.6. The number of ether oxygens (including phenoxy) is 1. The van der Waals surface area contributed by atoms with Crippen molar-refractivity contribution in [2.24, 2.45) is 0 Å². The van der Waals surface area contributed by atoms with E-state index in [1.165, 1.54) is 4.90 Å². The molecule has 4 rings (SSSR count). The summed E-state index contributed by atoms with van der Waals surface area (Å²) in [5.74, 6) is -0.204. The molecule has 1 saturated carbocycles. The third-order valence-corrected chi connectivity index (χ3v) is 8.54. The molecule has 218 valence electrons. The predicted octanol–water partition coefficient (Wildman–Crippen LogP) is 5.16. The molecule has 0 aliphatic heterocycles. The van der Waals surface area contributed by atoms with Crippen LogP contribution in [0, 0.1) is 0 Å². The van der Waals surface area contributed by atoms with E-state index in [4.69, 9.17) is 16.3 Å². The first kappa shape index (κ1) is 30.4. The lowest BCUT2D eigenvalue weighted by Gasteiger charge is -2.32. The molecule has 1 aliphatic rings. The molecule has 0 unspecified atom stereocenters. The number of nitrogens with one attached hydrogen (secondary N) is 1. The van der Waals surface area contributed by atoms with Gasteiger partial charge in [-0.3, -0.25) is 13.9 Å². The van der Waals surface area contributed by atoms with Crippen LogP contribution in [0.1, 0.15) is 43.7 Å². The van der Waals surface area contributed by atoms with Gasteiger partial charge >= 0.3 is 0 Å². The second-order valence-corrected chi connectivity index (χ2v) is 12.7. The Kier molecular flexibility index (Phi) is 10.3. The van der Waals surface area contributed by atoms with E-state index in [0.29, 0.717) is 23.1 Å². The van der Waals surface area contributed by atoms with Crippen molar-refractivity contribution >= 4 is 39.1 Å². The Labute approximate surface area is 247 Å². The fourth-order valence-corrected chi connectivity index (χ4v) is 5.93. The van der Waals surface area contributed by atoms with Gasteiger partial charge in [-0.25, -0.2) is 8.42 Å². The molecular weight excluding hydrogens is 562 g/mol. The number of nitrogens with zero attached hydrogens (tertiary/aromatic N) is 2. The van der Waals surface area contributed by atoms with E-state index < -0.39 is 28.5 Å². The number of hydrogen-bond donors (Lipinski definition) is 1. The number of amides is 2. The van der Waals surface area contributed by atoms with Gasteiger partial charge in [-0.1, -0.05) is 66.9 Å². The van der Waals surface area contributed by atoms with Crippen LogP contribution < -0.4 is 14.4 Å². The molecule has 3 aromatic rings. The first-order valence-electron chi connectivity index (χ1n) is 13.7. The number of sulfonamides is 1. The fraction of sp³-hybridized carbons (Fsp3) is 0.355. The van der Waals surface area contributed by atoms with Crippen molar-refractivity contribution in [1.82, 2.24) is 10.2 Å². The van der Waals surface area contributed by atoms with Crippen LogP contribution in [-0.4, -0.2) is 50.0 Å². The molecule has 2 amide bonds. The lowest BCUT2D eigenvalue weighted by molar-refractivity contribution is -0.139. The Morgan fingerprint density at radius 1 is 0.976 bits per heavy atom. The summed E-state index contributed by atoms with van der Waals surface area (Å²) in [4.78, 5) is 28.3. The Morgan fingerprint density at radius 2 is 1.63 bits per heavy atom. The lowest BCUT2D eigenvalue weighted by Crippen LogP contribution is -2.52. The summed E-state index contributed by atoms with van der Waals surface area (Å²) in [5.41, 5.74) is 2.06. The maximum Gasteiger partial charge on any atom is 0.244 e. The van der Waals surface area contributed by atoms with Crippen molar-refractivity contribution < 1.29 is 22.7 Å². The Hall–Kier alpha value is -3.56. The molecule has 1 N–H and O–H groups in total. The van der Waals surface area contributed by atoms with Crippen LogP contribution in [0.5, 0.6) is 5.75 Å². The third-order valence-electron chi connectivity index (χ3n) is 7.16. The van der Waals surface area contributed by atoms with E-state index in [2.05, 4.69) is 5.32 Å². The molecule has 10 heteroatoms. The van der Waals surface area contributed by atoms with Gasteiger partial charge < -0.3 is 15.0 Å². The van der Waals surface area contributed by atoms with Gasteiger partial charge in [0, 0.05) is 17.6 Å². The van der Waals surface area contributed by atoms with E-state index in [0.717, 1.165) is 47.4 Å². The molecule has 0 saturated heterocycles. The third kappa shape index (κ3) is 8.71. The summed E-state index contributed by atoms with van der Waals surface area (Å²) in [6.07, 6.45) is 4.99. The highest BCUT2D eigenvalue weighted by Crippen LogP contribution is 2.24. The van der Waals surface area contributed by atoms with Gasteiger partial charge in [-0.2, -0.15) is 0 Å².